The summed E-state index contributed by atoms with van der Waals surface area (Å²) in [6.07, 6.45) is 6.78. The molecule has 150 valence electrons. The maximum Gasteiger partial charge on any atom is 0.241 e. The number of carbonyl (C=O) groups excluding carboxylic acids is 1. The van der Waals surface area contributed by atoms with Crippen LogP contribution in [0, 0.1) is 5.41 Å². The largest absolute Gasteiger partial charge is 0.393 e. The van der Waals surface area contributed by atoms with Gasteiger partial charge in [0.1, 0.15) is 5.82 Å². The van der Waals surface area contributed by atoms with Crippen LogP contribution in [0.5, 0.6) is 0 Å². The second-order valence-corrected chi connectivity index (χ2v) is 7.07. The van der Waals surface area contributed by atoms with Gasteiger partial charge in [-0.2, -0.15) is 5.10 Å². The molecule has 2 aromatic rings. The van der Waals surface area contributed by atoms with Gasteiger partial charge in [0.25, 0.3) is 0 Å². The molecule has 29 heavy (non-hydrogen) atoms. The van der Waals surface area contributed by atoms with Crippen LogP contribution in [0.4, 0.5) is 0 Å². The number of carbonyl (C=O) groups is 1. The van der Waals surface area contributed by atoms with E-state index < -0.39 is 0 Å². The molecule has 1 unspecified atom stereocenters. The highest BCUT2D eigenvalue weighted by atomic mass is 16.2. The number of rotatable bonds is 5. The zero-order valence-electron chi connectivity index (χ0n) is 16.4. The molecule has 0 saturated carbocycles. The average molecular weight is 392 g/mol. The van der Waals surface area contributed by atoms with E-state index in [1.807, 2.05) is 43.3 Å². The van der Waals surface area contributed by atoms with Crippen LogP contribution >= 0.6 is 0 Å². The second kappa shape index (κ2) is 7.78. The maximum absolute atomic E-state index is 12.1. The van der Waals surface area contributed by atoms with E-state index in [0.29, 0.717) is 13.1 Å². The van der Waals surface area contributed by atoms with Crippen LogP contribution in [0.15, 0.2) is 41.3 Å². The number of aliphatic imine (C=N–C) groups is 1. The molecule has 1 saturated heterocycles. The summed E-state index contributed by atoms with van der Waals surface area (Å²) in [4.78, 5) is 20.2. The minimum atomic E-state index is -0.169. The zero-order chi connectivity index (χ0) is 20.4. The van der Waals surface area contributed by atoms with Crippen molar-refractivity contribution in [2.45, 2.75) is 6.04 Å². The first-order valence-electron chi connectivity index (χ1n) is 9.46. The Hall–Kier alpha value is -3.62. The third-order valence-corrected chi connectivity index (χ3v) is 5.22. The lowest BCUT2D eigenvalue weighted by Crippen LogP contribution is -2.48. The second-order valence-electron chi connectivity index (χ2n) is 7.07. The van der Waals surface area contributed by atoms with Crippen molar-refractivity contribution in [3.8, 4) is 0 Å². The standard InChI is InChI=1S/C20H24N8O/c1-22-10-14(9-21)13-3-4-16-15(7-13)20(26-25-16)17-8-18(24-12-23-17)28-6-5-27(2)19(29)11-28/h3-4,7-10,12,17,21-22H,5-6,11H2,1-2H3,(H,23,24)(H,25,26)/b14-10+,21-9?. The van der Waals surface area contributed by atoms with Gasteiger partial charge >= 0.3 is 0 Å². The van der Waals surface area contributed by atoms with E-state index in [1.54, 1.807) is 17.4 Å². The number of fused-ring (bicyclic) bond motifs is 1. The summed E-state index contributed by atoms with van der Waals surface area (Å²) in [6.45, 7) is 1.76. The Morgan fingerprint density at radius 3 is 3.00 bits per heavy atom. The number of H-pyrrole nitrogens is 1. The van der Waals surface area contributed by atoms with Gasteiger partial charge in [0.05, 0.1) is 30.1 Å². The Kier molecular flexibility index (Phi) is 5.03. The Bertz CT molecular complexity index is 1030. The van der Waals surface area contributed by atoms with Gasteiger partial charge in [0.15, 0.2) is 0 Å². The van der Waals surface area contributed by atoms with Gasteiger partial charge in [-0.25, -0.2) is 4.99 Å². The lowest BCUT2D eigenvalue weighted by Gasteiger charge is -2.34. The van der Waals surface area contributed by atoms with Crippen molar-refractivity contribution < 1.29 is 4.79 Å². The molecular formula is C20H24N8O. The number of allylic oxidation sites excluding steroid dienone is 1. The number of amides is 1. The van der Waals surface area contributed by atoms with Crippen LogP contribution in [-0.4, -0.2) is 72.2 Å². The van der Waals surface area contributed by atoms with E-state index in [2.05, 4.69) is 25.8 Å². The van der Waals surface area contributed by atoms with Crippen molar-refractivity contribution in [1.29, 1.82) is 5.41 Å². The third-order valence-electron chi connectivity index (χ3n) is 5.22. The normalized spacial score (nSPS) is 19.9. The molecule has 1 fully saturated rings. The average Bonchev–Trinajstić information content (AvgIpc) is 3.17. The van der Waals surface area contributed by atoms with Crippen LogP contribution in [0.2, 0.25) is 0 Å². The minimum Gasteiger partial charge on any atom is -0.393 e. The summed E-state index contributed by atoms with van der Waals surface area (Å²) in [5.74, 6) is 0.866. The molecule has 0 bridgehead atoms. The van der Waals surface area contributed by atoms with E-state index in [-0.39, 0.29) is 11.9 Å². The van der Waals surface area contributed by atoms with Gasteiger partial charge in [-0.15, -0.1) is 0 Å². The van der Waals surface area contributed by atoms with Crippen LogP contribution in [-0.2, 0) is 4.79 Å². The Morgan fingerprint density at radius 1 is 1.38 bits per heavy atom. The fourth-order valence-electron chi connectivity index (χ4n) is 3.54. The third kappa shape index (κ3) is 3.58. The predicted molar refractivity (Wildman–Crippen MR) is 114 cm³/mol. The van der Waals surface area contributed by atoms with Crippen molar-refractivity contribution in [3.05, 3.63) is 47.6 Å². The molecule has 1 amide bonds. The van der Waals surface area contributed by atoms with Crippen molar-refractivity contribution in [3.63, 3.8) is 0 Å². The fraction of sp³-hybridized carbons (Fsp3) is 0.300. The monoisotopic (exact) mass is 392 g/mol. The SMILES string of the molecule is CN/C=C(\C=N)c1ccc2[nH]nc(C3C=C(N4CCN(C)C(=O)C4)N=CN3)c2c1. The Balaban J connectivity index is 1.66. The number of aromatic amines is 1. The quantitative estimate of drug-likeness (QED) is 0.569. The molecule has 1 aromatic heterocycles. The summed E-state index contributed by atoms with van der Waals surface area (Å²) >= 11 is 0. The van der Waals surface area contributed by atoms with Gasteiger partial charge in [0.2, 0.25) is 5.91 Å². The lowest BCUT2D eigenvalue weighted by molar-refractivity contribution is -0.133. The highest BCUT2D eigenvalue weighted by Crippen LogP contribution is 2.28. The molecule has 1 atom stereocenters. The summed E-state index contributed by atoms with van der Waals surface area (Å²) in [5.41, 5.74) is 3.49. The highest BCUT2D eigenvalue weighted by Gasteiger charge is 2.25. The first kappa shape index (κ1) is 18.7. The number of nitrogens with zero attached hydrogens (tertiary/aromatic N) is 4. The molecule has 4 rings (SSSR count). The topological polar surface area (TPSA) is 112 Å². The molecule has 2 aliphatic heterocycles. The van der Waals surface area contributed by atoms with Gasteiger partial charge in [-0.1, -0.05) is 6.07 Å². The van der Waals surface area contributed by atoms with Crippen LogP contribution in [0.3, 0.4) is 0 Å². The molecule has 1 aromatic carbocycles. The molecule has 0 aliphatic carbocycles. The highest BCUT2D eigenvalue weighted by molar-refractivity contribution is 6.09. The van der Waals surface area contributed by atoms with E-state index in [4.69, 9.17) is 5.41 Å². The molecular weight excluding hydrogens is 368 g/mol. The first-order valence-corrected chi connectivity index (χ1v) is 9.46. The Morgan fingerprint density at radius 2 is 2.24 bits per heavy atom. The zero-order valence-corrected chi connectivity index (χ0v) is 16.4. The van der Waals surface area contributed by atoms with Gasteiger partial charge in [-0.3, -0.25) is 9.89 Å². The molecule has 9 nitrogen and oxygen atoms in total. The summed E-state index contributed by atoms with van der Waals surface area (Å²) in [6, 6.07) is 5.79. The van der Waals surface area contributed by atoms with E-state index in [1.165, 1.54) is 6.21 Å². The van der Waals surface area contributed by atoms with Crippen LogP contribution in [0.1, 0.15) is 17.3 Å². The summed E-state index contributed by atoms with van der Waals surface area (Å²) in [7, 11) is 3.63. The van der Waals surface area contributed by atoms with Gasteiger partial charge in [-0.05, 0) is 23.8 Å². The van der Waals surface area contributed by atoms with Crippen molar-refractivity contribution in [1.82, 2.24) is 30.6 Å². The summed E-state index contributed by atoms with van der Waals surface area (Å²) < 4.78 is 0. The van der Waals surface area contributed by atoms with Crippen molar-refractivity contribution in [2.75, 3.05) is 33.7 Å². The number of hydrogen-bond acceptors (Lipinski definition) is 7. The predicted octanol–water partition coefficient (Wildman–Crippen LogP) is 1.06. The summed E-state index contributed by atoms with van der Waals surface area (Å²) in [5, 5.41) is 22.5. The number of nitrogens with one attached hydrogen (secondary N) is 4. The molecule has 0 radical (unpaired) electrons. The fourth-order valence-corrected chi connectivity index (χ4v) is 3.54. The number of aromatic nitrogens is 2. The molecule has 0 spiro atoms. The number of hydrogen-bond donors (Lipinski definition) is 4. The number of benzene rings is 1. The van der Waals surface area contributed by atoms with Gasteiger partial charge in [0, 0.05) is 50.6 Å². The number of likely N-dealkylation sites (N-methyl/N-ethyl adjacent to an activating group) is 1. The molecule has 2 aliphatic rings. The number of piperazine rings is 1. The molecule has 3 heterocycles. The first-order chi connectivity index (χ1) is 14.1. The Labute approximate surface area is 168 Å². The molecule has 4 N–H and O–H groups in total. The van der Waals surface area contributed by atoms with E-state index in [0.717, 1.165) is 40.1 Å². The maximum atomic E-state index is 12.1. The van der Waals surface area contributed by atoms with Crippen molar-refractivity contribution >= 4 is 34.9 Å². The minimum absolute atomic E-state index is 0.0905. The van der Waals surface area contributed by atoms with Crippen LogP contribution in [0.25, 0.3) is 16.5 Å². The molecule has 9 heteroatoms. The smallest absolute Gasteiger partial charge is 0.241 e. The van der Waals surface area contributed by atoms with E-state index >= 15 is 0 Å². The van der Waals surface area contributed by atoms with E-state index in [9.17, 15) is 4.79 Å². The lowest BCUT2D eigenvalue weighted by atomic mass is 10.0. The van der Waals surface area contributed by atoms with Gasteiger partial charge < -0.3 is 25.8 Å². The van der Waals surface area contributed by atoms with Crippen LogP contribution < -0.4 is 10.6 Å². The van der Waals surface area contributed by atoms with Crippen molar-refractivity contribution in [2.24, 2.45) is 4.99 Å².